The molecule has 702 valence electrons. The van der Waals surface area contributed by atoms with Crippen LogP contribution in [0.3, 0.4) is 0 Å². The van der Waals surface area contributed by atoms with E-state index < -0.39 is 0 Å². The molecule has 0 radical (unpaired) electrons. The molecular formula is C137H154. The first-order chi connectivity index (χ1) is 65.1. The van der Waals surface area contributed by atoms with Crippen LogP contribution in [0.5, 0.6) is 0 Å². The summed E-state index contributed by atoms with van der Waals surface area (Å²) in [5.41, 5.74) is 73.1. The Hall–Kier alpha value is -11.7. The second kappa shape index (κ2) is 38.2. The zero-order valence-corrected chi connectivity index (χ0v) is 89.5. The largest absolute Gasteiger partial charge is 0.0654 e. The normalized spacial score (nSPS) is 14.8. The van der Waals surface area contributed by atoms with Crippen molar-refractivity contribution in [3.63, 3.8) is 0 Å². The first kappa shape index (κ1) is 98.4. The first-order valence-corrected chi connectivity index (χ1v) is 51.8. The summed E-state index contributed by atoms with van der Waals surface area (Å²) < 4.78 is 0. The molecule has 0 N–H and O–H groups in total. The predicted octanol–water partition coefficient (Wildman–Crippen LogP) is 36.5. The van der Waals surface area contributed by atoms with Crippen molar-refractivity contribution in [1.29, 1.82) is 0 Å². The average molecular weight is 1800 g/mol. The molecule has 0 saturated carbocycles. The Bertz CT molecular complexity index is 6950. The van der Waals surface area contributed by atoms with Crippen LogP contribution in [0.15, 0.2) is 231 Å². The Morgan fingerprint density at radius 3 is 0.584 bits per heavy atom. The fraction of sp³-hybridized carbons (Fsp3) is 0.343. The van der Waals surface area contributed by atoms with Gasteiger partial charge in [-0.3, -0.25) is 0 Å². The van der Waals surface area contributed by atoms with Gasteiger partial charge in [-0.2, -0.15) is 0 Å². The Labute approximate surface area is 826 Å². The molecule has 0 spiro atoms. The molecule has 0 fully saturated rings. The quantitative estimate of drug-likeness (QED) is 0.0960. The third-order valence-corrected chi connectivity index (χ3v) is 33.5. The molecule has 1 atom stereocenters. The van der Waals surface area contributed by atoms with Gasteiger partial charge in [0, 0.05) is 27.1 Å². The number of rotatable bonds is 15. The van der Waals surface area contributed by atoms with Gasteiger partial charge in [0.1, 0.15) is 0 Å². The van der Waals surface area contributed by atoms with Crippen molar-refractivity contribution in [1.82, 2.24) is 0 Å². The Morgan fingerprint density at radius 1 is 0.153 bits per heavy atom. The lowest BCUT2D eigenvalue weighted by Gasteiger charge is -2.30. The van der Waals surface area contributed by atoms with Gasteiger partial charge in [-0.1, -0.05) is 335 Å². The highest BCUT2D eigenvalue weighted by Gasteiger charge is 2.48. The molecule has 0 saturated heterocycles. The molecule has 137 heavy (non-hydrogen) atoms. The highest BCUT2D eigenvalue weighted by Crippen LogP contribution is 2.60. The minimum Gasteiger partial charge on any atom is -0.0654 e. The number of hydrogen-bond donors (Lipinski definition) is 0. The summed E-state index contributed by atoms with van der Waals surface area (Å²) in [4.78, 5) is 0. The fourth-order valence-electron chi connectivity index (χ4n) is 24.6. The van der Waals surface area contributed by atoms with Gasteiger partial charge in [-0.15, -0.1) is 0 Å². The molecule has 5 aliphatic rings. The van der Waals surface area contributed by atoms with Crippen molar-refractivity contribution >= 4 is 0 Å². The van der Waals surface area contributed by atoms with Crippen LogP contribution in [-0.2, 0) is 65.6 Å². The summed E-state index contributed by atoms with van der Waals surface area (Å²) in [6.07, 6.45) is 11.7. The summed E-state index contributed by atoms with van der Waals surface area (Å²) in [6.45, 7) is 72.6. The van der Waals surface area contributed by atoms with E-state index in [-0.39, 0.29) is 27.1 Å². The summed E-state index contributed by atoms with van der Waals surface area (Å²) in [6, 6.07) is 90.5. The van der Waals surface area contributed by atoms with E-state index in [9.17, 15) is 0 Å². The maximum Gasteiger partial charge on any atom is 0.0435 e. The highest BCUT2D eigenvalue weighted by molar-refractivity contribution is 5.91. The number of hydrogen-bond acceptors (Lipinski definition) is 0. The van der Waals surface area contributed by atoms with Crippen molar-refractivity contribution in [3.05, 3.63) is 464 Å². The van der Waals surface area contributed by atoms with Crippen molar-refractivity contribution < 1.29 is 0 Å². The molecule has 15 aromatic carbocycles. The van der Waals surface area contributed by atoms with E-state index in [2.05, 4.69) is 452 Å². The summed E-state index contributed by atoms with van der Waals surface area (Å²) in [5, 5.41) is 0. The molecule has 0 nitrogen and oxygen atoms in total. The van der Waals surface area contributed by atoms with Crippen LogP contribution < -0.4 is 0 Å². The number of aryl methyl sites for hydroxylation is 27. The Morgan fingerprint density at radius 2 is 0.343 bits per heavy atom. The van der Waals surface area contributed by atoms with Gasteiger partial charge in [0.2, 0.25) is 0 Å². The number of unbranched alkanes of at least 4 members (excludes halogenated alkanes) is 2. The lowest BCUT2D eigenvalue weighted by Crippen LogP contribution is -2.23. The number of fused-ring (bicyclic) bond motifs is 15. The molecule has 0 bridgehead atoms. The monoisotopic (exact) mass is 1800 g/mol. The maximum absolute atomic E-state index is 2.53. The van der Waals surface area contributed by atoms with Gasteiger partial charge in [-0.25, -0.2) is 0 Å². The first-order valence-electron chi connectivity index (χ1n) is 51.8. The molecule has 1 unspecified atom stereocenters. The van der Waals surface area contributed by atoms with Gasteiger partial charge in [0.25, 0.3) is 0 Å². The van der Waals surface area contributed by atoms with Crippen molar-refractivity contribution in [2.45, 2.75) is 313 Å². The van der Waals surface area contributed by atoms with Gasteiger partial charge in [-0.05, 0) is 471 Å². The second-order valence-electron chi connectivity index (χ2n) is 43.5. The van der Waals surface area contributed by atoms with Gasteiger partial charge >= 0.3 is 0 Å². The molecular weight excluding hydrogens is 1650 g/mol. The second-order valence-corrected chi connectivity index (χ2v) is 43.5. The van der Waals surface area contributed by atoms with E-state index >= 15 is 0 Å². The molecule has 0 heteroatoms. The lowest BCUT2D eigenvalue weighted by molar-refractivity contribution is 0.708. The summed E-state index contributed by atoms with van der Waals surface area (Å²) in [5.74, 6) is 0. The molecule has 20 rings (SSSR count). The standard InChI is InChI=1S/C32H40.C28H32.C27H30.C26H28.C24H24/c1-8-10-12-25-19-28-29-20-26(13-11-9-2)24(6)18-31(29)32(7,30(28)17-23(25)5)27-15-21(3)14-22(4)16-27;1-8-21-15-24-25-16-22(9-2)20(6)14-27(25)28(7,26(24)13-19(21)5)23-11-17(3)10-18(4)12-23;1-7-20-15-23-24-16-21(8-2)19(5)14-26(24)27(6,25(23)13-18(20)4)22-11-9-17(3)10-12-22;1-15-8-16(2)10-21(9-15)26(7)24-13-19(5)17(3)11-22(24)23-12-18(4)20(6)14-25(23)26;1-15-6-9-19(10-7-15)24(5)22-12-16(2)8-11-20(22)21-13-17(3)18(4)14-23(21)24/h14-20H,8-13H2,1-7H3;10-16H,8-9H2,1-7H3;9-16H,7-8H2,1-6H3;8-14H,1-7H3;6-14H,1-5H3. The number of benzene rings is 15. The van der Waals surface area contributed by atoms with Crippen LogP contribution in [-0.4, -0.2) is 0 Å². The topological polar surface area (TPSA) is 0 Å². The third-order valence-electron chi connectivity index (χ3n) is 33.5. The predicted molar refractivity (Wildman–Crippen MR) is 594 cm³/mol. The maximum atomic E-state index is 2.53. The molecule has 0 heterocycles. The van der Waals surface area contributed by atoms with E-state index in [0.29, 0.717) is 0 Å². The molecule has 0 amide bonds. The van der Waals surface area contributed by atoms with Crippen molar-refractivity contribution in [3.8, 4) is 55.6 Å². The van der Waals surface area contributed by atoms with Crippen LogP contribution in [0.2, 0.25) is 0 Å². The van der Waals surface area contributed by atoms with Crippen LogP contribution in [0.1, 0.15) is 336 Å². The van der Waals surface area contributed by atoms with E-state index in [4.69, 9.17) is 0 Å². The Balaban J connectivity index is 0.000000124. The molecule has 5 aliphatic carbocycles. The van der Waals surface area contributed by atoms with E-state index in [1.165, 1.54) is 328 Å². The van der Waals surface area contributed by atoms with Gasteiger partial charge in [0.15, 0.2) is 0 Å². The zero-order chi connectivity index (χ0) is 98.5. The van der Waals surface area contributed by atoms with E-state index in [0.717, 1.165) is 25.7 Å². The highest BCUT2D eigenvalue weighted by atomic mass is 14.5. The summed E-state index contributed by atoms with van der Waals surface area (Å²) in [7, 11) is 0. The van der Waals surface area contributed by atoms with E-state index in [1.807, 2.05) is 0 Å². The fourth-order valence-corrected chi connectivity index (χ4v) is 24.6. The molecule has 15 aromatic rings. The van der Waals surface area contributed by atoms with Crippen LogP contribution in [0.25, 0.3) is 55.6 Å². The van der Waals surface area contributed by atoms with Crippen molar-refractivity contribution in [2.75, 3.05) is 0 Å². The zero-order valence-electron chi connectivity index (χ0n) is 89.5. The van der Waals surface area contributed by atoms with Gasteiger partial charge < -0.3 is 0 Å². The smallest absolute Gasteiger partial charge is 0.0435 e. The average Bonchev–Trinajstić information content (AvgIpc) is 1.58. The SMILES string of the molecule is CCCCc1cc2c(cc1C)C(C)(c1cc(C)cc(C)c1)c1cc(C)c(CCCC)cc1-2.CCc1cc2c(cc1C)C(C)(c1cc(C)cc(C)c1)c1cc(C)c(CC)cc1-2.CCc1cc2c(cc1C)C(C)(c1ccc(C)cc1)c1cc(C)c(CC)cc1-2.Cc1cc(C)cc(C2(C)c3cc(C)c(C)cc3-c3cc(C)c(C)cc32)c1.Cc1ccc(C2(C)c3cc(C)ccc3-c3cc(C)c(C)cc32)cc1. The van der Waals surface area contributed by atoms with E-state index in [1.54, 1.807) is 0 Å². The van der Waals surface area contributed by atoms with Crippen LogP contribution >= 0.6 is 0 Å². The minimum atomic E-state index is -0.108. The molecule has 0 aromatic heterocycles. The molecule has 0 aliphatic heterocycles. The van der Waals surface area contributed by atoms with Gasteiger partial charge in [0.05, 0.1) is 0 Å². The minimum absolute atomic E-state index is 0.0805. The lowest BCUT2D eigenvalue weighted by atomic mass is 9.72. The van der Waals surface area contributed by atoms with Crippen LogP contribution in [0, 0.1) is 145 Å². The van der Waals surface area contributed by atoms with Crippen LogP contribution in [0.4, 0.5) is 0 Å². The van der Waals surface area contributed by atoms with Crippen molar-refractivity contribution in [2.24, 2.45) is 0 Å². The Kier molecular flexibility index (Phi) is 27.5. The summed E-state index contributed by atoms with van der Waals surface area (Å²) >= 11 is 0. The third kappa shape index (κ3) is 17.4.